The third-order valence-electron chi connectivity index (χ3n) is 4.66. The highest BCUT2D eigenvalue weighted by molar-refractivity contribution is 5.73. The number of imidazole rings is 1. The minimum Gasteiger partial charge on any atom is -0.493 e. The van der Waals surface area contributed by atoms with Crippen LogP contribution in [0.1, 0.15) is 11.7 Å². The van der Waals surface area contributed by atoms with Gasteiger partial charge in [-0.2, -0.15) is 4.98 Å². The Balaban J connectivity index is 1.89. The monoisotopic (exact) mass is 440 g/mol. The van der Waals surface area contributed by atoms with E-state index in [1.54, 1.807) is 30.3 Å². The van der Waals surface area contributed by atoms with Crippen molar-refractivity contribution in [3.8, 4) is 5.88 Å². The first-order chi connectivity index (χ1) is 15.3. The number of hydrogen-bond donors (Lipinski definition) is 5. The number of aromatic nitrogens is 6. The lowest BCUT2D eigenvalue weighted by molar-refractivity contribution is 0.158. The molecule has 0 spiro atoms. The molecule has 4 aromatic rings. The summed E-state index contributed by atoms with van der Waals surface area (Å²) in [7, 11) is 1.38. The van der Waals surface area contributed by atoms with Crippen molar-refractivity contribution in [2.24, 2.45) is 17.3 Å². The summed E-state index contributed by atoms with van der Waals surface area (Å²) in [6.07, 6.45) is -1.08. The lowest BCUT2D eigenvalue weighted by Gasteiger charge is -2.13. The van der Waals surface area contributed by atoms with Crippen LogP contribution >= 0.6 is 0 Å². The van der Waals surface area contributed by atoms with E-state index in [0.717, 1.165) is 4.57 Å². The van der Waals surface area contributed by atoms with Gasteiger partial charge in [-0.25, -0.2) is 9.59 Å². The third kappa shape index (κ3) is 3.65. The van der Waals surface area contributed by atoms with Gasteiger partial charge in [-0.1, -0.05) is 30.3 Å². The van der Waals surface area contributed by atoms with E-state index < -0.39 is 40.2 Å². The van der Waals surface area contributed by atoms with E-state index in [4.69, 9.17) is 0 Å². The number of hydrogen-bond acceptors (Lipinski definition) is 9. The number of nitrogens with zero attached hydrogens (tertiary/aromatic N) is 5. The van der Waals surface area contributed by atoms with Crippen LogP contribution in [-0.2, 0) is 13.6 Å². The SMILES string of the molecule is Cn1c(=O)[nH]c(=O)c2c1nc(N=Nc1c(O)[nH]c(=O)[nH]c1=O)n2CC(O)c1ccccc1. The number of nitrogens with one attached hydrogen (secondary N) is 3. The molecule has 0 aliphatic carbocycles. The van der Waals surface area contributed by atoms with Gasteiger partial charge >= 0.3 is 11.4 Å². The maximum absolute atomic E-state index is 12.5. The minimum absolute atomic E-state index is 0.0347. The van der Waals surface area contributed by atoms with Crippen molar-refractivity contribution >= 4 is 22.8 Å². The average molecular weight is 440 g/mol. The van der Waals surface area contributed by atoms with Gasteiger partial charge in [0.05, 0.1) is 12.6 Å². The molecule has 0 saturated carbocycles. The van der Waals surface area contributed by atoms with Gasteiger partial charge in [0.15, 0.2) is 11.2 Å². The Morgan fingerprint density at radius 1 is 1.03 bits per heavy atom. The molecule has 1 aromatic carbocycles. The molecule has 14 nitrogen and oxygen atoms in total. The second-order valence-electron chi connectivity index (χ2n) is 6.74. The second kappa shape index (κ2) is 7.92. The zero-order valence-corrected chi connectivity index (χ0v) is 16.4. The fourth-order valence-electron chi connectivity index (χ4n) is 3.08. The molecule has 0 fully saturated rings. The molecule has 0 amide bonds. The predicted molar refractivity (Wildman–Crippen MR) is 111 cm³/mol. The molecular weight excluding hydrogens is 424 g/mol. The number of fused-ring (bicyclic) bond motifs is 1. The summed E-state index contributed by atoms with van der Waals surface area (Å²) in [5.74, 6) is -1.05. The van der Waals surface area contributed by atoms with Crippen LogP contribution in [0.4, 0.5) is 11.6 Å². The summed E-state index contributed by atoms with van der Waals surface area (Å²) < 4.78 is 2.30. The lowest BCUT2D eigenvalue weighted by atomic mass is 10.1. The van der Waals surface area contributed by atoms with Crippen LogP contribution in [0.3, 0.4) is 0 Å². The van der Waals surface area contributed by atoms with E-state index in [1.165, 1.54) is 11.6 Å². The summed E-state index contributed by atoms with van der Waals surface area (Å²) >= 11 is 0. The first kappa shape index (κ1) is 20.7. The van der Waals surface area contributed by atoms with Crippen molar-refractivity contribution in [3.05, 3.63) is 77.6 Å². The molecule has 0 aliphatic heterocycles. The van der Waals surface area contributed by atoms with Crippen molar-refractivity contribution in [1.29, 1.82) is 0 Å². The molecule has 4 rings (SSSR count). The van der Waals surface area contributed by atoms with Gasteiger partial charge in [0.2, 0.25) is 11.6 Å². The molecule has 32 heavy (non-hydrogen) atoms. The number of aliphatic hydroxyl groups is 1. The molecule has 0 bridgehead atoms. The molecule has 1 unspecified atom stereocenters. The van der Waals surface area contributed by atoms with Gasteiger partial charge in [0.1, 0.15) is 0 Å². The second-order valence-corrected chi connectivity index (χ2v) is 6.74. The average Bonchev–Trinajstić information content (AvgIpc) is 3.10. The van der Waals surface area contributed by atoms with Gasteiger partial charge in [-0.3, -0.25) is 33.7 Å². The largest absolute Gasteiger partial charge is 0.493 e. The van der Waals surface area contributed by atoms with Crippen molar-refractivity contribution in [2.45, 2.75) is 12.6 Å². The molecule has 164 valence electrons. The number of benzene rings is 1. The van der Waals surface area contributed by atoms with Gasteiger partial charge in [0, 0.05) is 7.05 Å². The molecular formula is C18H16N8O6. The number of H-pyrrole nitrogens is 3. The Morgan fingerprint density at radius 2 is 1.75 bits per heavy atom. The number of aromatic amines is 3. The van der Waals surface area contributed by atoms with E-state index in [1.807, 2.05) is 9.97 Å². The first-order valence-electron chi connectivity index (χ1n) is 9.16. The van der Waals surface area contributed by atoms with Gasteiger partial charge < -0.3 is 10.2 Å². The standard InChI is InChI=1S/C18H16N8O6/c1-25-12-11(15(30)22-18(25)32)26(7-9(27)8-5-3-2-4-6-8)16(19-12)24-23-10-13(28)20-17(31)21-14(10)29/h2-6,9,27H,7H2,1H3,(H,22,30,32)(H3,20,21,28,29,31). The summed E-state index contributed by atoms with van der Waals surface area (Å²) in [6, 6.07) is 8.60. The van der Waals surface area contributed by atoms with Crippen LogP contribution in [0.15, 0.2) is 59.7 Å². The first-order valence-corrected chi connectivity index (χ1v) is 9.16. The van der Waals surface area contributed by atoms with Gasteiger partial charge in [0.25, 0.3) is 17.1 Å². The predicted octanol–water partition coefficient (Wildman–Crippen LogP) is -0.346. The number of aryl methyl sites for hydroxylation is 1. The van der Waals surface area contributed by atoms with E-state index >= 15 is 0 Å². The van der Waals surface area contributed by atoms with Crippen LogP contribution in [0, 0.1) is 0 Å². The van der Waals surface area contributed by atoms with Crippen molar-refractivity contribution in [1.82, 2.24) is 29.1 Å². The number of aromatic hydroxyl groups is 1. The maximum atomic E-state index is 12.5. The fourth-order valence-corrected chi connectivity index (χ4v) is 3.08. The molecule has 0 radical (unpaired) electrons. The summed E-state index contributed by atoms with van der Waals surface area (Å²) in [6.45, 7) is -0.190. The Morgan fingerprint density at radius 3 is 2.44 bits per heavy atom. The highest BCUT2D eigenvalue weighted by Crippen LogP contribution is 2.25. The van der Waals surface area contributed by atoms with Crippen molar-refractivity contribution < 1.29 is 10.2 Å². The summed E-state index contributed by atoms with van der Waals surface area (Å²) in [4.78, 5) is 57.7. The molecule has 0 saturated heterocycles. The van der Waals surface area contributed by atoms with Gasteiger partial charge in [-0.15, -0.1) is 10.2 Å². The van der Waals surface area contributed by atoms with Crippen molar-refractivity contribution in [2.75, 3.05) is 0 Å². The lowest BCUT2D eigenvalue weighted by Crippen LogP contribution is -2.29. The summed E-state index contributed by atoms with van der Waals surface area (Å²) in [5.41, 5.74) is -3.57. The Labute approximate surface area is 176 Å². The van der Waals surface area contributed by atoms with Crippen LogP contribution < -0.4 is 22.5 Å². The van der Waals surface area contributed by atoms with Gasteiger partial charge in [-0.05, 0) is 5.56 Å². The van der Waals surface area contributed by atoms with Crippen LogP contribution in [0.5, 0.6) is 5.88 Å². The van der Waals surface area contributed by atoms with E-state index in [9.17, 15) is 29.4 Å². The van der Waals surface area contributed by atoms with E-state index in [2.05, 4.69) is 20.2 Å². The highest BCUT2D eigenvalue weighted by atomic mass is 16.3. The van der Waals surface area contributed by atoms with Crippen molar-refractivity contribution in [3.63, 3.8) is 0 Å². The highest BCUT2D eigenvalue weighted by Gasteiger charge is 2.20. The molecule has 14 heteroatoms. The Hall–Kier alpha value is -4.59. The fraction of sp³-hybridized carbons (Fsp3) is 0.167. The smallest absolute Gasteiger partial charge is 0.329 e. The molecule has 3 aromatic heterocycles. The Kier molecular flexibility index (Phi) is 5.11. The number of azo groups is 1. The minimum atomic E-state index is -1.08. The molecule has 5 N–H and O–H groups in total. The van der Waals surface area contributed by atoms with Crippen LogP contribution in [0.25, 0.3) is 11.2 Å². The molecule has 3 heterocycles. The van der Waals surface area contributed by atoms with E-state index in [-0.39, 0.29) is 23.7 Å². The Bertz CT molecular complexity index is 1570. The number of rotatable bonds is 5. The maximum Gasteiger partial charge on any atom is 0.329 e. The third-order valence-corrected chi connectivity index (χ3v) is 4.66. The molecule has 1 atom stereocenters. The number of aliphatic hydroxyl groups excluding tert-OH is 1. The van der Waals surface area contributed by atoms with Crippen LogP contribution in [-0.4, -0.2) is 39.3 Å². The van der Waals surface area contributed by atoms with E-state index in [0.29, 0.717) is 5.56 Å². The topological polar surface area (TPSA) is 204 Å². The summed E-state index contributed by atoms with van der Waals surface area (Å²) in [5, 5.41) is 27.9. The molecule has 0 aliphatic rings. The zero-order valence-electron chi connectivity index (χ0n) is 16.4. The normalized spacial score (nSPS) is 12.6. The quantitative estimate of drug-likeness (QED) is 0.261. The van der Waals surface area contributed by atoms with Crippen LogP contribution in [0.2, 0.25) is 0 Å². The zero-order chi connectivity index (χ0) is 23.0.